The maximum Gasteiger partial charge on any atom is 0.235 e. The summed E-state index contributed by atoms with van der Waals surface area (Å²) in [5, 5.41) is 3.96. The summed E-state index contributed by atoms with van der Waals surface area (Å²) < 4.78 is 0. The Morgan fingerprint density at radius 3 is 2.38 bits per heavy atom. The third kappa shape index (κ3) is 2.78. The summed E-state index contributed by atoms with van der Waals surface area (Å²) in [5.41, 5.74) is 2.39. The van der Waals surface area contributed by atoms with Gasteiger partial charge in [0, 0.05) is 5.02 Å². The lowest BCUT2D eigenvalue weighted by molar-refractivity contribution is -0.118. The lowest BCUT2D eigenvalue weighted by Gasteiger charge is -2.17. The zero-order valence-corrected chi connectivity index (χ0v) is 13.1. The van der Waals surface area contributed by atoms with Crippen LogP contribution in [-0.2, 0) is 10.2 Å². The number of anilines is 1. The van der Waals surface area contributed by atoms with E-state index in [-0.39, 0.29) is 5.91 Å². The summed E-state index contributed by atoms with van der Waals surface area (Å²) >= 11 is 12.1. The minimum Gasteiger partial charge on any atom is -0.324 e. The van der Waals surface area contributed by atoms with E-state index in [0.717, 1.165) is 18.4 Å². The molecule has 0 heterocycles. The van der Waals surface area contributed by atoms with Crippen LogP contribution in [0, 0.1) is 6.92 Å². The lowest BCUT2D eigenvalue weighted by Crippen LogP contribution is -2.27. The van der Waals surface area contributed by atoms with Gasteiger partial charge in [-0.15, -0.1) is 0 Å². The van der Waals surface area contributed by atoms with Crippen LogP contribution in [-0.4, -0.2) is 5.91 Å². The van der Waals surface area contributed by atoms with E-state index in [1.54, 1.807) is 18.2 Å². The number of rotatable bonds is 3. The molecule has 2 aromatic rings. The maximum absolute atomic E-state index is 12.6. The van der Waals surface area contributed by atoms with Gasteiger partial charge in [0.15, 0.2) is 0 Å². The topological polar surface area (TPSA) is 29.1 Å². The number of halogens is 2. The van der Waals surface area contributed by atoms with E-state index in [2.05, 4.69) is 5.32 Å². The van der Waals surface area contributed by atoms with E-state index in [1.165, 1.54) is 5.56 Å². The lowest BCUT2D eigenvalue weighted by atomic mass is 9.94. The van der Waals surface area contributed by atoms with E-state index < -0.39 is 5.41 Å². The summed E-state index contributed by atoms with van der Waals surface area (Å²) in [6.45, 7) is 2.04. The molecule has 1 saturated carbocycles. The van der Waals surface area contributed by atoms with Crippen molar-refractivity contribution in [3.05, 3.63) is 63.6 Å². The molecule has 3 rings (SSSR count). The van der Waals surface area contributed by atoms with E-state index in [1.807, 2.05) is 31.2 Å². The fourth-order valence-electron chi connectivity index (χ4n) is 2.48. The van der Waals surface area contributed by atoms with Gasteiger partial charge in [-0.05, 0) is 43.5 Å². The number of nitrogens with one attached hydrogen (secondary N) is 1. The van der Waals surface area contributed by atoms with Crippen molar-refractivity contribution >= 4 is 34.8 Å². The minimum atomic E-state index is -0.417. The predicted octanol–water partition coefficient (Wildman–Crippen LogP) is 4.97. The largest absolute Gasteiger partial charge is 0.324 e. The quantitative estimate of drug-likeness (QED) is 0.850. The van der Waals surface area contributed by atoms with Crippen LogP contribution in [0.15, 0.2) is 42.5 Å². The highest BCUT2D eigenvalue weighted by Gasteiger charge is 2.51. The van der Waals surface area contributed by atoms with Gasteiger partial charge in [-0.25, -0.2) is 0 Å². The monoisotopic (exact) mass is 319 g/mol. The maximum atomic E-state index is 12.6. The van der Waals surface area contributed by atoms with Gasteiger partial charge in [0.2, 0.25) is 5.91 Å². The first kappa shape index (κ1) is 14.4. The first-order valence-corrected chi connectivity index (χ1v) is 7.60. The summed E-state index contributed by atoms with van der Waals surface area (Å²) in [6.07, 6.45) is 1.72. The van der Waals surface area contributed by atoms with Gasteiger partial charge < -0.3 is 5.32 Å². The number of carbonyl (C=O) groups excluding carboxylic acids is 1. The van der Waals surface area contributed by atoms with E-state index in [4.69, 9.17) is 23.2 Å². The first-order valence-electron chi connectivity index (χ1n) is 6.85. The highest BCUT2D eigenvalue weighted by atomic mass is 35.5. The van der Waals surface area contributed by atoms with Gasteiger partial charge in [-0.3, -0.25) is 4.79 Å². The van der Waals surface area contributed by atoms with Crippen LogP contribution in [0.1, 0.15) is 24.0 Å². The molecule has 0 radical (unpaired) electrons. The zero-order chi connectivity index (χ0) is 15.0. The fraction of sp³-hybridized carbons (Fsp3) is 0.235. The number of aryl methyl sites for hydroxylation is 1. The number of carbonyl (C=O) groups is 1. The average molecular weight is 320 g/mol. The number of benzene rings is 2. The van der Waals surface area contributed by atoms with Crippen molar-refractivity contribution in [3.8, 4) is 0 Å². The number of hydrogen-bond acceptors (Lipinski definition) is 1. The van der Waals surface area contributed by atoms with Crippen molar-refractivity contribution in [2.24, 2.45) is 0 Å². The van der Waals surface area contributed by atoms with Gasteiger partial charge in [0.1, 0.15) is 0 Å². The molecule has 0 spiro atoms. The predicted molar refractivity (Wildman–Crippen MR) is 87.2 cm³/mol. The van der Waals surface area contributed by atoms with Crippen molar-refractivity contribution < 1.29 is 4.79 Å². The van der Waals surface area contributed by atoms with E-state index in [0.29, 0.717) is 15.7 Å². The van der Waals surface area contributed by atoms with Gasteiger partial charge in [-0.2, -0.15) is 0 Å². The van der Waals surface area contributed by atoms with Crippen LogP contribution < -0.4 is 5.32 Å². The molecule has 0 aromatic heterocycles. The van der Waals surface area contributed by atoms with Crippen LogP contribution in [0.25, 0.3) is 0 Å². The minimum absolute atomic E-state index is 0.0180. The highest BCUT2D eigenvalue weighted by Crippen LogP contribution is 2.49. The molecule has 2 nitrogen and oxygen atoms in total. The molecule has 0 saturated heterocycles. The molecule has 0 aliphatic heterocycles. The SMILES string of the molecule is Cc1ccc(C2(C(=O)Nc3cc(Cl)ccc3Cl)CC2)cc1. The molecular weight excluding hydrogens is 305 g/mol. The molecule has 4 heteroatoms. The highest BCUT2D eigenvalue weighted by molar-refractivity contribution is 6.35. The molecule has 21 heavy (non-hydrogen) atoms. The standard InChI is InChI=1S/C17H15Cl2NO/c1-11-2-4-12(5-3-11)17(8-9-17)16(21)20-15-10-13(18)6-7-14(15)19/h2-7,10H,8-9H2,1H3,(H,20,21). The van der Waals surface area contributed by atoms with Crippen molar-refractivity contribution in [1.82, 2.24) is 0 Å². The first-order chi connectivity index (χ1) is 10.0. The van der Waals surface area contributed by atoms with Crippen LogP contribution in [0.5, 0.6) is 0 Å². The molecule has 1 fully saturated rings. The van der Waals surface area contributed by atoms with Gasteiger partial charge >= 0.3 is 0 Å². The Hall–Kier alpha value is -1.51. The second kappa shape index (κ2) is 5.36. The molecule has 0 atom stereocenters. The Labute approximate surface area is 134 Å². The van der Waals surface area contributed by atoms with E-state index in [9.17, 15) is 4.79 Å². The van der Waals surface area contributed by atoms with Crippen LogP contribution in [0.3, 0.4) is 0 Å². The summed E-state index contributed by atoms with van der Waals surface area (Å²) in [4.78, 5) is 12.6. The second-order valence-corrected chi connectivity index (χ2v) is 6.37. The Morgan fingerprint density at radius 1 is 1.10 bits per heavy atom. The number of hydrogen-bond donors (Lipinski definition) is 1. The normalized spacial score (nSPS) is 15.6. The molecule has 1 aliphatic carbocycles. The van der Waals surface area contributed by atoms with E-state index >= 15 is 0 Å². The third-order valence-corrected chi connectivity index (χ3v) is 4.53. The molecule has 0 unspecified atom stereocenters. The molecule has 1 aliphatic rings. The summed E-state index contributed by atoms with van der Waals surface area (Å²) in [5.74, 6) is -0.0180. The zero-order valence-electron chi connectivity index (χ0n) is 11.6. The van der Waals surface area contributed by atoms with Crippen molar-refractivity contribution in [2.75, 3.05) is 5.32 Å². The summed E-state index contributed by atoms with van der Waals surface area (Å²) in [6, 6.07) is 13.2. The smallest absolute Gasteiger partial charge is 0.235 e. The Kier molecular flexibility index (Phi) is 3.68. The van der Waals surface area contributed by atoms with Crippen molar-refractivity contribution in [3.63, 3.8) is 0 Å². The average Bonchev–Trinajstić information content (AvgIpc) is 3.25. The molecular formula is C17H15Cl2NO. The van der Waals surface area contributed by atoms with Crippen molar-refractivity contribution in [1.29, 1.82) is 0 Å². The van der Waals surface area contributed by atoms with Crippen LogP contribution >= 0.6 is 23.2 Å². The molecule has 1 N–H and O–H groups in total. The third-order valence-electron chi connectivity index (χ3n) is 3.97. The van der Waals surface area contributed by atoms with Crippen LogP contribution in [0.4, 0.5) is 5.69 Å². The Balaban J connectivity index is 1.85. The Morgan fingerprint density at radius 2 is 1.76 bits per heavy atom. The van der Waals surface area contributed by atoms with Gasteiger partial charge in [0.05, 0.1) is 16.1 Å². The Bertz CT molecular complexity index is 690. The molecule has 0 bridgehead atoms. The van der Waals surface area contributed by atoms with Crippen LogP contribution in [0.2, 0.25) is 10.0 Å². The fourth-order valence-corrected chi connectivity index (χ4v) is 2.82. The van der Waals surface area contributed by atoms with Crippen molar-refractivity contribution in [2.45, 2.75) is 25.2 Å². The van der Waals surface area contributed by atoms with Gasteiger partial charge in [-0.1, -0.05) is 53.0 Å². The molecule has 2 aromatic carbocycles. The molecule has 108 valence electrons. The summed E-state index contributed by atoms with van der Waals surface area (Å²) in [7, 11) is 0. The second-order valence-electron chi connectivity index (χ2n) is 5.53. The number of amides is 1. The van der Waals surface area contributed by atoms with Gasteiger partial charge in [0.25, 0.3) is 0 Å². The molecule has 1 amide bonds.